The molecule has 7 heteroatoms. The summed E-state index contributed by atoms with van der Waals surface area (Å²) in [6, 6.07) is 3.29. The Morgan fingerprint density at radius 3 is 2.80 bits per heavy atom. The molecule has 0 amide bonds. The molecule has 4 nitrogen and oxygen atoms in total. The first-order valence-electron chi connectivity index (χ1n) is 4.38. The molecule has 15 heavy (non-hydrogen) atoms. The quantitative estimate of drug-likeness (QED) is 0.870. The number of hydrogen-bond donors (Lipinski definition) is 1. The molecule has 1 unspecified atom stereocenters. The predicted molar refractivity (Wildman–Crippen MR) is 62.0 cm³/mol. The van der Waals surface area contributed by atoms with Gasteiger partial charge in [0.25, 0.3) is 0 Å². The van der Waals surface area contributed by atoms with Crippen LogP contribution in [0, 0.1) is 0 Å². The van der Waals surface area contributed by atoms with Gasteiger partial charge in [-0.05, 0) is 25.1 Å². The van der Waals surface area contributed by atoms with Crippen molar-refractivity contribution < 1.29 is 4.21 Å². The van der Waals surface area contributed by atoms with Crippen LogP contribution in [-0.4, -0.2) is 32.7 Å². The molecular weight excluding hydrogens is 257 g/mol. The second kappa shape index (κ2) is 5.75. The van der Waals surface area contributed by atoms with Gasteiger partial charge in [-0.25, -0.2) is 0 Å². The van der Waals surface area contributed by atoms with Crippen LogP contribution in [0.25, 0.3) is 0 Å². The van der Waals surface area contributed by atoms with Crippen molar-refractivity contribution in [2.45, 2.75) is 16.7 Å². The third-order valence-electron chi connectivity index (χ3n) is 2.13. The summed E-state index contributed by atoms with van der Waals surface area (Å²) in [6.45, 7) is 1.72. The molecule has 1 saturated heterocycles. The molecule has 0 radical (unpaired) electrons. The highest BCUT2D eigenvalue weighted by molar-refractivity contribution is 7.85. The number of nitrogens with zero attached hydrogens (tertiary/aromatic N) is 2. The Labute approximate surface area is 102 Å². The first-order chi connectivity index (χ1) is 6.77. The van der Waals surface area contributed by atoms with E-state index < -0.39 is 10.8 Å². The summed E-state index contributed by atoms with van der Waals surface area (Å²) in [7, 11) is -1.06. The van der Waals surface area contributed by atoms with Crippen LogP contribution in [0.15, 0.2) is 17.2 Å². The van der Waals surface area contributed by atoms with Crippen molar-refractivity contribution in [1.82, 2.24) is 15.5 Å². The first-order valence-corrected chi connectivity index (χ1v) is 5.97. The lowest BCUT2D eigenvalue weighted by Gasteiger charge is -2.06. The zero-order valence-electron chi connectivity index (χ0n) is 7.85. The molecule has 2 heterocycles. The lowest BCUT2D eigenvalue weighted by Crippen LogP contribution is -2.19. The van der Waals surface area contributed by atoms with E-state index in [1.807, 2.05) is 0 Å². The van der Waals surface area contributed by atoms with Crippen molar-refractivity contribution in [1.29, 1.82) is 0 Å². The Morgan fingerprint density at radius 1 is 1.47 bits per heavy atom. The van der Waals surface area contributed by atoms with Gasteiger partial charge in [-0.1, -0.05) is 11.6 Å². The van der Waals surface area contributed by atoms with E-state index in [2.05, 4.69) is 15.5 Å². The third kappa shape index (κ3) is 3.11. The van der Waals surface area contributed by atoms with Crippen molar-refractivity contribution in [2.24, 2.45) is 0 Å². The SMILES string of the molecule is Cl.O=S(c1ccc(Cl)nn1)[C@@H]1CCNC1. The second-order valence-corrected chi connectivity index (χ2v) is 5.17. The highest BCUT2D eigenvalue weighted by Gasteiger charge is 2.23. The maximum Gasteiger partial charge on any atom is 0.151 e. The Kier molecular flexibility index (Phi) is 4.92. The number of rotatable bonds is 2. The van der Waals surface area contributed by atoms with E-state index in [0.717, 1.165) is 19.5 Å². The molecule has 1 fully saturated rings. The standard InChI is InChI=1S/C8H10ClN3OS.ClH/c9-7-1-2-8(12-11-7)14(13)6-3-4-10-5-6;/h1-2,6,10H,3-5H2;1H/t6-,14?;/m1./s1. The molecule has 0 saturated carbocycles. The van der Waals surface area contributed by atoms with E-state index >= 15 is 0 Å². The highest BCUT2D eigenvalue weighted by Crippen LogP contribution is 2.14. The van der Waals surface area contributed by atoms with Crippen LogP contribution in [-0.2, 0) is 10.8 Å². The monoisotopic (exact) mass is 267 g/mol. The summed E-state index contributed by atoms with van der Waals surface area (Å²) in [5.74, 6) is 0. The predicted octanol–water partition coefficient (Wildman–Crippen LogP) is 1.02. The van der Waals surface area contributed by atoms with Gasteiger partial charge in [0.2, 0.25) is 0 Å². The van der Waals surface area contributed by atoms with Crippen LogP contribution in [0.1, 0.15) is 6.42 Å². The number of aromatic nitrogens is 2. The maximum absolute atomic E-state index is 11.9. The zero-order chi connectivity index (χ0) is 9.97. The van der Waals surface area contributed by atoms with Crippen LogP contribution < -0.4 is 5.32 Å². The fourth-order valence-corrected chi connectivity index (χ4v) is 2.76. The Hall–Kier alpha value is -0.230. The molecule has 2 atom stereocenters. The average Bonchev–Trinajstić information content (AvgIpc) is 2.71. The van der Waals surface area contributed by atoms with Gasteiger partial charge in [-0.15, -0.1) is 22.6 Å². The van der Waals surface area contributed by atoms with E-state index in [-0.39, 0.29) is 17.7 Å². The molecule has 1 aromatic heterocycles. The van der Waals surface area contributed by atoms with Crippen molar-refractivity contribution in [3.05, 3.63) is 17.3 Å². The van der Waals surface area contributed by atoms with Crippen LogP contribution in [0.5, 0.6) is 0 Å². The van der Waals surface area contributed by atoms with E-state index in [4.69, 9.17) is 11.6 Å². The van der Waals surface area contributed by atoms with Crippen molar-refractivity contribution in [3.8, 4) is 0 Å². The normalized spacial score (nSPS) is 22.1. The molecule has 0 aromatic carbocycles. The van der Waals surface area contributed by atoms with Gasteiger partial charge in [0.15, 0.2) is 5.15 Å². The van der Waals surface area contributed by atoms with Gasteiger partial charge in [-0.3, -0.25) is 4.21 Å². The van der Waals surface area contributed by atoms with Gasteiger partial charge in [0, 0.05) is 6.54 Å². The minimum atomic E-state index is -1.06. The van der Waals surface area contributed by atoms with Gasteiger partial charge in [-0.2, -0.15) is 0 Å². The van der Waals surface area contributed by atoms with E-state index in [9.17, 15) is 4.21 Å². The zero-order valence-corrected chi connectivity index (χ0v) is 10.2. The smallest absolute Gasteiger partial charge is 0.151 e. The topological polar surface area (TPSA) is 54.9 Å². The minimum absolute atomic E-state index is 0. The molecule has 2 rings (SSSR count). The maximum atomic E-state index is 11.9. The van der Waals surface area contributed by atoms with E-state index in [1.165, 1.54) is 0 Å². The van der Waals surface area contributed by atoms with Crippen LogP contribution in [0.4, 0.5) is 0 Å². The fraction of sp³-hybridized carbons (Fsp3) is 0.500. The Balaban J connectivity index is 0.00000112. The third-order valence-corrected chi connectivity index (χ3v) is 3.97. The lowest BCUT2D eigenvalue weighted by molar-refractivity contribution is 0.667. The second-order valence-electron chi connectivity index (χ2n) is 3.11. The fourth-order valence-electron chi connectivity index (χ4n) is 1.39. The summed E-state index contributed by atoms with van der Waals surface area (Å²) < 4.78 is 11.9. The molecule has 1 aromatic rings. The lowest BCUT2D eigenvalue weighted by atomic mass is 10.4. The van der Waals surface area contributed by atoms with Crippen molar-refractivity contribution in [3.63, 3.8) is 0 Å². The summed E-state index contributed by atoms with van der Waals surface area (Å²) in [5, 5.41) is 11.7. The van der Waals surface area contributed by atoms with Gasteiger partial charge in [0.1, 0.15) is 5.03 Å². The molecule has 0 aliphatic carbocycles. The van der Waals surface area contributed by atoms with Gasteiger partial charge < -0.3 is 5.32 Å². The average molecular weight is 268 g/mol. The van der Waals surface area contributed by atoms with Crippen molar-refractivity contribution in [2.75, 3.05) is 13.1 Å². The summed E-state index contributed by atoms with van der Waals surface area (Å²) in [6.07, 6.45) is 0.927. The number of hydrogen-bond acceptors (Lipinski definition) is 4. The largest absolute Gasteiger partial charge is 0.315 e. The molecule has 1 N–H and O–H groups in total. The molecule has 1 aliphatic rings. The molecule has 1 aliphatic heterocycles. The first kappa shape index (κ1) is 12.8. The minimum Gasteiger partial charge on any atom is -0.315 e. The number of halogens is 2. The number of nitrogens with one attached hydrogen (secondary N) is 1. The highest BCUT2D eigenvalue weighted by atomic mass is 35.5. The summed E-state index contributed by atoms with van der Waals surface area (Å²) in [4.78, 5) is 0. The Morgan fingerprint density at radius 2 is 2.27 bits per heavy atom. The summed E-state index contributed by atoms with van der Waals surface area (Å²) in [5.41, 5.74) is 0. The molecule has 84 valence electrons. The molecule has 0 bridgehead atoms. The van der Waals surface area contributed by atoms with E-state index in [0.29, 0.717) is 10.2 Å². The van der Waals surface area contributed by atoms with Gasteiger partial charge in [0.05, 0.1) is 16.0 Å². The Bertz CT molecular complexity index is 340. The van der Waals surface area contributed by atoms with Crippen molar-refractivity contribution >= 4 is 34.8 Å². The molecular formula is C8H11Cl2N3OS. The summed E-state index contributed by atoms with van der Waals surface area (Å²) >= 11 is 5.59. The van der Waals surface area contributed by atoms with Gasteiger partial charge >= 0.3 is 0 Å². The van der Waals surface area contributed by atoms with Crippen LogP contribution >= 0.6 is 24.0 Å². The molecule has 0 spiro atoms. The van der Waals surface area contributed by atoms with Crippen LogP contribution in [0.2, 0.25) is 5.15 Å². The van der Waals surface area contributed by atoms with E-state index in [1.54, 1.807) is 12.1 Å². The van der Waals surface area contributed by atoms with Crippen LogP contribution in [0.3, 0.4) is 0 Å².